The van der Waals surface area contributed by atoms with E-state index in [1.54, 1.807) is 0 Å². The van der Waals surface area contributed by atoms with Gasteiger partial charge in [-0.3, -0.25) is 4.79 Å². The van der Waals surface area contributed by atoms with Crippen LogP contribution in [0.5, 0.6) is 11.5 Å². The van der Waals surface area contributed by atoms with Gasteiger partial charge in [0.1, 0.15) is 13.2 Å². The third-order valence-electron chi connectivity index (χ3n) is 3.54. The molecule has 1 amide bonds. The number of amides is 1. The summed E-state index contributed by atoms with van der Waals surface area (Å²) >= 11 is 0. The van der Waals surface area contributed by atoms with Gasteiger partial charge in [-0.1, -0.05) is 6.07 Å². The molecule has 0 spiro atoms. The second kappa shape index (κ2) is 5.71. The average molecular weight is 278 g/mol. The summed E-state index contributed by atoms with van der Waals surface area (Å²) in [7, 11) is 0. The summed E-state index contributed by atoms with van der Waals surface area (Å²) in [5, 5.41) is 2.98. The van der Waals surface area contributed by atoms with Crippen molar-refractivity contribution in [3.63, 3.8) is 0 Å². The highest BCUT2D eigenvalue weighted by molar-refractivity contribution is 5.82. The zero-order valence-corrected chi connectivity index (χ0v) is 12.2. The second-order valence-corrected chi connectivity index (χ2v) is 5.69. The van der Waals surface area contributed by atoms with E-state index in [4.69, 9.17) is 15.2 Å². The van der Waals surface area contributed by atoms with Gasteiger partial charge in [-0.15, -0.1) is 0 Å². The molecule has 1 aromatic carbocycles. The lowest BCUT2D eigenvalue weighted by Gasteiger charge is -2.25. The molecule has 3 N–H and O–H groups in total. The number of nitrogens with one attached hydrogen (secondary N) is 1. The van der Waals surface area contributed by atoms with Gasteiger partial charge < -0.3 is 20.5 Å². The first-order chi connectivity index (χ1) is 9.44. The molecule has 5 nitrogen and oxygen atoms in total. The molecular weight excluding hydrogens is 256 g/mol. The number of ether oxygens (including phenoxy) is 2. The number of benzene rings is 1. The Kier molecular flexibility index (Phi) is 4.18. The lowest BCUT2D eigenvalue weighted by molar-refractivity contribution is -0.129. The van der Waals surface area contributed by atoms with E-state index in [-0.39, 0.29) is 11.9 Å². The minimum atomic E-state index is -0.567. The molecular formula is C15H22N2O3. The summed E-state index contributed by atoms with van der Waals surface area (Å²) < 4.78 is 11.0. The predicted octanol–water partition coefficient (Wildman–Crippen LogP) is 1.62. The van der Waals surface area contributed by atoms with E-state index in [1.807, 2.05) is 39.0 Å². The topological polar surface area (TPSA) is 73.6 Å². The number of carbonyl (C=O) groups is 1. The van der Waals surface area contributed by atoms with E-state index < -0.39 is 5.41 Å². The first-order valence-corrected chi connectivity index (χ1v) is 6.84. The maximum absolute atomic E-state index is 12.1. The van der Waals surface area contributed by atoms with Gasteiger partial charge in [0, 0.05) is 6.54 Å². The van der Waals surface area contributed by atoms with Gasteiger partial charge in [0.2, 0.25) is 5.91 Å². The molecule has 1 unspecified atom stereocenters. The molecule has 1 aliphatic heterocycles. The molecule has 1 aliphatic rings. The summed E-state index contributed by atoms with van der Waals surface area (Å²) in [4.78, 5) is 12.1. The van der Waals surface area contributed by atoms with Crippen LogP contribution in [0.1, 0.15) is 32.4 Å². The smallest absolute Gasteiger partial charge is 0.227 e. The molecule has 2 rings (SSSR count). The zero-order valence-electron chi connectivity index (χ0n) is 12.2. The Bertz CT molecular complexity index is 500. The third kappa shape index (κ3) is 3.04. The molecule has 0 saturated heterocycles. The van der Waals surface area contributed by atoms with E-state index in [0.717, 1.165) is 17.1 Å². The van der Waals surface area contributed by atoms with Crippen molar-refractivity contribution in [2.75, 3.05) is 19.8 Å². The number of nitrogens with two attached hydrogens (primary N) is 1. The fraction of sp³-hybridized carbons (Fsp3) is 0.533. The van der Waals surface area contributed by atoms with Gasteiger partial charge in [-0.25, -0.2) is 0 Å². The molecule has 0 aliphatic carbocycles. The Morgan fingerprint density at radius 1 is 1.35 bits per heavy atom. The number of hydrogen-bond acceptors (Lipinski definition) is 4. The molecule has 0 fully saturated rings. The van der Waals surface area contributed by atoms with Crippen molar-refractivity contribution in [1.82, 2.24) is 5.32 Å². The Hall–Kier alpha value is -1.75. The van der Waals surface area contributed by atoms with Crippen LogP contribution in [0.3, 0.4) is 0 Å². The predicted molar refractivity (Wildman–Crippen MR) is 76.8 cm³/mol. The zero-order chi connectivity index (χ0) is 14.8. The van der Waals surface area contributed by atoms with E-state index in [9.17, 15) is 4.79 Å². The van der Waals surface area contributed by atoms with Gasteiger partial charge >= 0.3 is 0 Å². The molecule has 0 radical (unpaired) electrons. The Morgan fingerprint density at radius 2 is 2.00 bits per heavy atom. The molecule has 0 aromatic heterocycles. The fourth-order valence-electron chi connectivity index (χ4n) is 1.90. The van der Waals surface area contributed by atoms with Crippen molar-refractivity contribution < 1.29 is 14.3 Å². The van der Waals surface area contributed by atoms with Gasteiger partial charge in [-0.05, 0) is 38.5 Å². The van der Waals surface area contributed by atoms with Crippen molar-refractivity contribution in [3.05, 3.63) is 23.8 Å². The third-order valence-corrected chi connectivity index (χ3v) is 3.54. The number of hydrogen-bond donors (Lipinski definition) is 2. The van der Waals surface area contributed by atoms with Crippen LogP contribution in [0.2, 0.25) is 0 Å². The molecule has 0 saturated carbocycles. The highest BCUT2D eigenvalue weighted by Crippen LogP contribution is 2.32. The Labute approximate surface area is 119 Å². The van der Waals surface area contributed by atoms with Crippen LogP contribution in [0.4, 0.5) is 0 Å². The van der Waals surface area contributed by atoms with Crippen LogP contribution >= 0.6 is 0 Å². The van der Waals surface area contributed by atoms with E-state index in [0.29, 0.717) is 19.8 Å². The highest BCUT2D eigenvalue weighted by Gasteiger charge is 2.27. The quantitative estimate of drug-likeness (QED) is 0.877. The van der Waals surface area contributed by atoms with Crippen molar-refractivity contribution in [3.8, 4) is 11.5 Å². The summed E-state index contributed by atoms with van der Waals surface area (Å²) in [6.07, 6.45) is 0. The van der Waals surface area contributed by atoms with Crippen LogP contribution in [0, 0.1) is 5.41 Å². The lowest BCUT2D eigenvalue weighted by Crippen LogP contribution is -2.42. The minimum Gasteiger partial charge on any atom is -0.486 e. The Morgan fingerprint density at radius 3 is 2.65 bits per heavy atom. The minimum absolute atomic E-state index is 0.0533. The maximum Gasteiger partial charge on any atom is 0.227 e. The summed E-state index contributed by atoms with van der Waals surface area (Å²) in [6.45, 7) is 7.04. The summed E-state index contributed by atoms with van der Waals surface area (Å²) in [5.41, 5.74) is 6.03. The van der Waals surface area contributed by atoms with Crippen LogP contribution < -0.4 is 20.5 Å². The molecule has 20 heavy (non-hydrogen) atoms. The van der Waals surface area contributed by atoms with Gasteiger partial charge in [-0.2, -0.15) is 0 Å². The molecule has 1 aromatic rings. The van der Waals surface area contributed by atoms with Crippen LogP contribution in [-0.4, -0.2) is 25.7 Å². The Balaban J connectivity index is 2.10. The maximum atomic E-state index is 12.1. The van der Waals surface area contributed by atoms with Crippen LogP contribution in [-0.2, 0) is 4.79 Å². The van der Waals surface area contributed by atoms with E-state index in [1.165, 1.54) is 0 Å². The van der Waals surface area contributed by atoms with Gasteiger partial charge in [0.15, 0.2) is 11.5 Å². The molecule has 1 atom stereocenters. The van der Waals surface area contributed by atoms with Crippen molar-refractivity contribution in [1.29, 1.82) is 0 Å². The van der Waals surface area contributed by atoms with Crippen molar-refractivity contribution in [2.24, 2.45) is 11.1 Å². The van der Waals surface area contributed by atoms with Crippen molar-refractivity contribution in [2.45, 2.75) is 26.8 Å². The number of carbonyl (C=O) groups excluding carboxylic acids is 1. The average Bonchev–Trinajstić information content (AvgIpc) is 2.46. The standard InChI is InChI=1S/C15H22N2O3/c1-10(17-14(18)15(2,3)9-16)11-4-5-12-13(8-11)20-7-6-19-12/h4-5,8,10H,6-7,9,16H2,1-3H3,(H,17,18). The molecule has 0 bridgehead atoms. The first-order valence-electron chi connectivity index (χ1n) is 6.84. The fourth-order valence-corrected chi connectivity index (χ4v) is 1.90. The first kappa shape index (κ1) is 14.7. The lowest BCUT2D eigenvalue weighted by atomic mass is 9.92. The monoisotopic (exact) mass is 278 g/mol. The molecule has 110 valence electrons. The second-order valence-electron chi connectivity index (χ2n) is 5.69. The summed E-state index contributed by atoms with van der Waals surface area (Å²) in [5.74, 6) is 1.43. The van der Waals surface area contributed by atoms with Gasteiger partial charge in [0.25, 0.3) is 0 Å². The van der Waals surface area contributed by atoms with E-state index in [2.05, 4.69) is 5.32 Å². The van der Waals surface area contributed by atoms with Crippen molar-refractivity contribution >= 4 is 5.91 Å². The SMILES string of the molecule is CC(NC(=O)C(C)(C)CN)c1ccc2c(c1)OCCO2. The number of rotatable bonds is 4. The largest absolute Gasteiger partial charge is 0.486 e. The number of fused-ring (bicyclic) bond motifs is 1. The van der Waals surface area contributed by atoms with Gasteiger partial charge in [0.05, 0.1) is 11.5 Å². The van der Waals surface area contributed by atoms with Crippen LogP contribution in [0.25, 0.3) is 0 Å². The normalized spacial score (nSPS) is 15.6. The molecule has 5 heteroatoms. The van der Waals surface area contributed by atoms with E-state index >= 15 is 0 Å². The molecule has 1 heterocycles. The summed E-state index contributed by atoms with van der Waals surface area (Å²) in [6, 6.07) is 5.62. The van der Waals surface area contributed by atoms with Crippen LogP contribution in [0.15, 0.2) is 18.2 Å². The highest BCUT2D eigenvalue weighted by atomic mass is 16.6.